The van der Waals surface area contributed by atoms with E-state index in [1.807, 2.05) is 119 Å². The maximum absolute atomic E-state index is 12.6. The molecule has 0 aliphatic heterocycles. The number of benzene rings is 3. The minimum Gasteiger partial charge on any atom is -0.445 e. The molecule has 0 aliphatic carbocycles. The normalized spacial score (nSPS) is 9.77. The molecule has 0 saturated heterocycles. The molecule has 43 heavy (non-hydrogen) atoms. The third-order valence-corrected chi connectivity index (χ3v) is 5.60. The van der Waals surface area contributed by atoms with Crippen molar-refractivity contribution >= 4 is 40.2 Å². The number of nitrogen functional groups attached to an aromatic ring is 1. The highest BCUT2D eigenvalue weighted by Crippen LogP contribution is 2.06. The molecule has 2 amide bonds. The van der Waals surface area contributed by atoms with Gasteiger partial charge in [0.25, 0.3) is 0 Å². The first-order valence-corrected chi connectivity index (χ1v) is 15.0. The summed E-state index contributed by atoms with van der Waals surface area (Å²) in [7, 11) is 7.56. The monoisotopic (exact) mass is 587 g/mol. The Morgan fingerprint density at radius 3 is 1.81 bits per heavy atom. The van der Waals surface area contributed by atoms with Crippen molar-refractivity contribution < 1.29 is 19.1 Å². The highest BCUT2D eigenvalue weighted by molar-refractivity contribution is 6.08. The fourth-order valence-corrected chi connectivity index (χ4v) is 3.46. The van der Waals surface area contributed by atoms with Crippen molar-refractivity contribution in [2.75, 3.05) is 12.3 Å². The van der Waals surface area contributed by atoms with Crippen LogP contribution in [-0.2, 0) is 33.7 Å². The number of amides is 2. The first-order chi connectivity index (χ1) is 21.0. The third kappa shape index (κ3) is 21.4. The highest BCUT2D eigenvalue weighted by Gasteiger charge is 2.21. The molecular formula is C34H51B2N3O4. The summed E-state index contributed by atoms with van der Waals surface area (Å²) in [5.41, 5.74) is 9.37. The van der Waals surface area contributed by atoms with Gasteiger partial charge in [-0.1, -0.05) is 132 Å². The summed E-state index contributed by atoms with van der Waals surface area (Å²) in [4.78, 5) is 32.8. The lowest BCUT2D eigenvalue weighted by Gasteiger charge is -2.18. The average Bonchev–Trinajstić information content (AvgIpc) is 3.07. The van der Waals surface area contributed by atoms with E-state index in [0.29, 0.717) is 13.0 Å². The average molecular weight is 587 g/mol. The second kappa shape index (κ2) is 29.5. The van der Waals surface area contributed by atoms with Crippen LogP contribution in [-0.4, -0.2) is 47.1 Å². The molecule has 2 radical (unpaired) electrons. The van der Waals surface area contributed by atoms with Crippen molar-refractivity contribution in [3.63, 3.8) is 0 Å². The van der Waals surface area contributed by atoms with Crippen molar-refractivity contribution in [3.8, 4) is 0 Å². The van der Waals surface area contributed by atoms with Crippen LogP contribution in [0.1, 0.15) is 63.6 Å². The molecule has 4 N–H and O–H groups in total. The van der Waals surface area contributed by atoms with Crippen molar-refractivity contribution in [2.24, 2.45) is 0 Å². The van der Waals surface area contributed by atoms with Gasteiger partial charge in [-0.15, -0.1) is 0 Å². The predicted molar refractivity (Wildman–Crippen MR) is 184 cm³/mol. The number of nitrogens with two attached hydrogens (primary N) is 1. The van der Waals surface area contributed by atoms with Crippen LogP contribution in [0.25, 0.3) is 0 Å². The minimum absolute atomic E-state index is 0.164. The molecule has 3 aromatic carbocycles. The van der Waals surface area contributed by atoms with Crippen molar-refractivity contribution in [1.29, 1.82) is 0 Å². The first kappa shape index (κ1) is 41.1. The Hall–Kier alpha value is -4.00. The first-order valence-electron chi connectivity index (χ1n) is 15.0. The zero-order valence-electron chi connectivity index (χ0n) is 26.6. The summed E-state index contributed by atoms with van der Waals surface area (Å²) in [6.45, 7) is 10.8. The van der Waals surface area contributed by atoms with E-state index in [2.05, 4.69) is 26.3 Å². The predicted octanol–water partition coefficient (Wildman–Crippen LogP) is 5.67. The van der Waals surface area contributed by atoms with E-state index >= 15 is 0 Å². The molecule has 0 heterocycles. The van der Waals surface area contributed by atoms with Gasteiger partial charge in [0, 0.05) is 18.7 Å². The van der Waals surface area contributed by atoms with Crippen LogP contribution in [0.3, 0.4) is 0 Å². The van der Waals surface area contributed by atoms with Crippen LogP contribution in [0.4, 0.5) is 10.5 Å². The van der Waals surface area contributed by atoms with Crippen LogP contribution in [0.5, 0.6) is 0 Å². The van der Waals surface area contributed by atoms with Crippen molar-refractivity contribution in [3.05, 3.63) is 102 Å². The van der Waals surface area contributed by atoms with Gasteiger partial charge in [0.2, 0.25) is 5.91 Å². The second-order valence-electron chi connectivity index (χ2n) is 8.65. The zero-order valence-corrected chi connectivity index (χ0v) is 26.6. The van der Waals surface area contributed by atoms with Gasteiger partial charge in [-0.3, -0.25) is 4.79 Å². The van der Waals surface area contributed by atoms with Crippen molar-refractivity contribution in [2.45, 2.75) is 78.7 Å². The number of carbonyl (C=O) groups excluding carboxylic acids is 3. The third-order valence-electron chi connectivity index (χ3n) is 5.60. The summed E-state index contributed by atoms with van der Waals surface area (Å²) in [5, 5.41) is 5.62. The van der Waals surface area contributed by atoms with Crippen molar-refractivity contribution in [1.82, 2.24) is 10.6 Å². The molecule has 0 spiro atoms. The van der Waals surface area contributed by atoms with Gasteiger partial charge in [-0.05, 0) is 29.7 Å². The van der Waals surface area contributed by atoms with E-state index in [-0.39, 0.29) is 12.5 Å². The molecule has 3 rings (SSSR count). The summed E-state index contributed by atoms with van der Waals surface area (Å²) >= 11 is 0. The Kier molecular flexibility index (Phi) is 28.2. The van der Waals surface area contributed by atoms with Crippen LogP contribution >= 0.6 is 0 Å². The van der Waals surface area contributed by atoms with E-state index in [1.165, 1.54) is 5.56 Å². The lowest BCUT2D eigenvalue weighted by atomic mass is 9.97. The molecule has 0 aliphatic rings. The second-order valence-corrected chi connectivity index (χ2v) is 8.65. The van der Waals surface area contributed by atoms with Gasteiger partial charge in [-0.2, -0.15) is 0 Å². The number of hydrogen-bond donors (Lipinski definition) is 3. The lowest BCUT2D eigenvalue weighted by molar-refractivity contribution is -0.123. The quantitative estimate of drug-likeness (QED) is 0.144. The van der Waals surface area contributed by atoms with Gasteiger partial charge in [0.1, 0.15) is 19.4 Å². The zero-order chi connectivity index (χ0) is 32.7. The van der Waals surface area contributed by atoms with Gasteiger partial charge in [0.05, 0.1) is 15.7 Å². The van der Waals surface area contributed by atoms with E-state index in [9.17, 15) is 9.59 Å². The number of rotatable bonds is 12. The van der Waals surface area contributed by atoms with E-state index in [0.717, 1.165) is 48.7 Å². The molecule has 0 aromatic heterocycles. The van der Waals surface area contributed by atoms with Crippen LogP contribution in [0, 0.1) is 0 Å². The van der Waals surface area contributed by atoms with E-state index in [4.69, 9.17) is 15.3 Å². The van der Waals surface area contributed by atoms with Crippen LogP contribution in [0.2, 0.25) is 6.32 Å². The van der Waals surface area contributed by atoms with Gasteiger partial charge >= 0.3 is 6.09 Å². The molecule has 0 saturated carbocycles. The molecule has 1 atom stereocenters. The van der Waals surface area contributed by atoms with Crippen LogP contribution < -0.4 is 16.4 Å². The molecule has 7 nitrogen and oxygen atoms in total. The fourth-order valence-electron chi connectivity index (χ4n) is 3.46. The number of carbonyl (C=O) groups is 3. The van der Waals surface area contributed by atoms with Gasteiger partial charge in [-0.25, -0.2) is 4.79 Å². The van der Waals surface area contributed by atoms with E-state index < -0.39 is 12.1 Å². The number of unbranched alkanes of at least 4 members (excludes halogenated alkanes) is 2. The van der Waals surface area contributed by atoms with Crippen LogP contribution in [0.15, 0.2) is 84.9 Å². The van der Waals surface area contributed by atoms with Gasteiger partial charge < -0.3 is 25.9 Å². The highest BCUT2D eigenvalue weighted by atomic mass is 16.5. The molecule has 0 bridgehead atoms. The molecule has 0 fully saturated rings. The number of alkyl carbamates (subject to hydrolysis) is 1. The Morgan fingerprint density at radius 2 is 1.30 bits per heavy atom. The maximum Gasteiger partial charge on any atom is 0.408 e. The standard InChI is InChI=1S/C22H28BN2O3.C7H9BN.2C2H6.CH2O/c23-14-8-3-9-15-24-21(26)20(16-18-10-4-1-5-11-18)25-22(27)28-17-19-12-6-2-7-13-19;8-5-6-1-3-7(9)4-2-6;3*1-2/h1-2,4-7,10-13,20,23H,3,8-9,14-17H2,(H,24,26)(H,25,27);1-4,8H,5,9H2;2*1-2H3;1H2. The van der Waals surface area contributed by atoms with Gasteiger partial charge in [0.15, 0.2) is 0 Å². The van der Waals surface area contributed by atoms with E-state index in [1.54, 1.807) is 0 Å². The summed E-state index contributed by atoms with van der Waals surface area (Å²) in [6.07, 6.45) is 4.52. The Morgan fingerprint density at radius 1 is 0.767 bits per heavy atom. The molecule has 1 unspecified atom stereocenters. The molecule has 3 aromatic rings. The Bertz CT molecular complexity index is 1060. The summed E-state index contributed by atoms with van der Waals surface area (Å²) in [5.74, 6) is -0.199. The number of anilines is 1. The summed E-state index contributed by atoms with van der Waals surface area (Å²) in [6, 6.07) is 26.1. The number of nitrogens with one attached hydrogen (secondary N) is 2. The largest absolute Gasteiger partial charge is 0.445 e. The maximum atomic E-state index is 12.6. The number of ether oxygens (including phenoxy) is 1. The topological polar surface area (TPSA) is 111 Å². The Balaban J connectivity index is 0. The SMILES string of the molecule is C=O.CC.CC.[BH]CCCCCNC(=O)C(Cc1ccccc1)NC(=O)OCc1ccccc1.[BH]Cc1ccc(N)cc1. The summed E-state index contributed by atoms with van der Waals surface area (Å²) < 4.78 is 5.27. The Labute approximate surface area is 262 Å². The minimum atomic E-state index is -0.682. The molecule has 9 heteroatoms. The number of hydrogen-bond acceptors (Lipinski definition) is 5. The lowest BCUT2D eigenvalue weighted by Crippen LogP contribution is -2.48. The molecular weight excluding hydrogens is 536 g/mol. The molecule has 232 valence electrons. The fraction of sp³-hybridized carbons (Fsp3) is 0.382. The smallest absolute Gasteiger partial charge is 0.408 e.